The topological polar surface area (TPSA) is 1030 Å². The number of carboxylic acids is 4. The second-order valence-electron chi connectivity index (χ2n) is 33.2. The van der Waals surface area contributed by atoms with E-state index in [4.69, 9.17) is 103 Å². The first-order chi connectivity index (χ1) is 66.4. The molecule has 52 N–H and O–H groups in total. The fraction of sp³-hybridized carbons (Fsp3) is 0.738. The number of guanidine groups is 8. The number of amides is 4. The number of aliphatic imine (C=N–C) groups is 8. The molecule has 0 aromatic heterocycles. The summed E-state index contributed by atoms with van der Waals surface area (Å²) in [5.74, 6) is -13.5. The minimum Gasteiger partial charge on any atom is -0.481 e. The SMILES string of the molecule is CC(=O)[C@H](CCCCN)NCCCCCN[C@@H](CCC(=O)O)C(=O)C(=O)[C@H](CCCN=C(N)N)NC(=O)C(CCCN=C(N)N)NC(=O)[C@H](CCCN=C(N)N)NN[C@@H](CCCN=C(N)N)C(=O)O.CCCC(=O)[C@H](CCCCN)NCCCCCN[C@@H](CCC(=O)O)C(=O)C(=O)[C@H](CCCN=C(N)N)NC(=O)C(CCCN=C(N)N)NC(=O)[C@H](CCCN=C(N)N)NN[C@@H](CCCN=C(N)N)C(=O)O. The molecule has 2 unspecified atom stereocenters. The van der Waals surface area contributed by atoms with E-state index in [0.717, 1.165) is 32.1 Å². The van der Waals surface area contributed by atoms with Gasteiger partial charge in [-0.1, -0.05) is 32.6 Å². The zero-order valence-corrected chi connectivity index (χ0v) is 81.3. The Hall–Kier alpha value is -12.5. The van der Waals surface area contributed by atoms with Crippen LogP contribution in [0.4, 0.5) is 0 Å². The predicted octanol–water partition coefficient (Wildman–Crippen LogP) is -9.43. The van der Waals surface area contributed by atoms with E-state index in [0.29, 0.717) is 84.0 Å². The molecule has 0 rings (SSSR count). The van der Waals surface area contributed by atoms with Gasteiger partial charge in [0.2, 0.25) is 46.8 Å². The van der Waals surface area contributed by atoms with Gasteiger partial charge >= 0.3 is 23.9 Å². The molecule has 0 fully saturated rings. The number of aliphatic carboxylic acids is 4. The fourth-order valence-corrected chi connectivity index (χ4v) is 13.7. The number of carboxylic acid groups (broad SMARTS) is 4. The van der Waals surface area contributed by atoms with Crippen molar-refractivity contribution in [1.82, 2.24) is 64.2 Å². The molecule has 800 valence electrons. The number of rotatable bonds is 88. The van der Waals surface area contributed by atoms with Crippen LogP contribution >= 0.6 is 0 Å². The van der Waals surface area contributed by atoms with Crippen molar-refractivity contribution in [2.24, 2.45) is 143 Å². The van der Waals surface area contributed by atoms with Crippen LogP contribution in [0.15, 0.2) is 39.9 Å². The van der Waals surface area contributed by atoms with Crippen molar-refractivity contribution in [2.45, 2.75) is 305 Å². The summed E-state index contributed by atoms with van der Waals surface area (Å²) in [7, 11) is 0. The number of nitrogens with two attached hydrogens (primary N) is 18. The number of nitrogens with zero attached hydrogens (tertiary/aromatic N) is 8. The van der Waals surface area contributed by atoms with E-state index in [1.54, 1.807) is 0 Å². The molecule has 0 radical (unpaired) electrons. The molecule has 56 nitrogen and oxygen atoms in total. The number of nitrogens with one attached hydrogen (secondary N) is 12. The van der Waals surface area contributed by atoms with Gasteiger partial charge < -0.3 is 166 Å². The lowest BCUT2D eigenvalue weighted by atomic mass is 9.95. The highest BCUT2D eigenvalue weighted by Gasteiger charge is 2.38. The molecule has 0 aromatic carbocycles. The number of unbranched alkanes of at least 4 members (excludes halogenated alkanes) is 6. The van der Waals surface area contributed by atoms with Crippen LogP contribution in [0.3, 0.4) is 0 Å². The van der Waals surface area contributed by atoms with Gasteiger partial charge in [0, 0.05) is 71.6 Å². The molecular weight excluding hydrogens is 1830 g/mol. The zero-order valence-electron chi connectivity index (χ0n) is 81.3. The van der Waals surface area contributed by atoms with E-state index in [-0.39, 0.29) is 252 Å². The van der Waals surface area contributed by atoms with E-state index < -0.39 is 144 Å². The molecular formula is C84H166N38O18. The van der Waals surface area contributed by atoms with Crippen LogP contribution in [-0.2, 0) is 67.1 Å². The Balaban J connectivity index is 0. The van der Waals surface area contributed by atoms with Crippen molar-refractivity contribution < 1.29 is 87.5 Å². The van der Waals surface area contributed by atoms with E-state index >= 15 is 0 Å². The molecule has 12 atom stereocenters. The third-order valence-corrected chi connectivity index (χ3v) is 21.1. The van der Waals surface area contributed by atoms with Gasteiger partial charge in [-0.15, -0.1) is 0 Å². The number of Topliss-reactive ketones (excluding diaryl/α,β-unsaturated/α-hetero) is 6. The minimum atomic E-state index is -1.47. The zero-order chi connectivity index (χ0) is 106. The maximum absolute atomic E-state index is 14.2. The lowest BCUT2D eigenvalue weighted by Crippen LogP contribution is -2.59. The number of hydrogen-bond donors (Lipinski definition) is 34. The molecule has 140 heavy (non-hydrogen) atoms. The Morgan fingerprint density at radius 1 is 0.243 bits per heavy atom. The molecule has 0 aliphatic heterocycles. The van der Waals surface area contributed by atoms with Gasteiger partial charge in [0.25, 0.3) is 0 Å². The summed E-state index contributed by atoms with van der Waals surface area (Å²) in [5.41, 5.74) is 109. The quantitative estimate of drug-likeness (QED) is 0.00884. The highest BCUT2D eigenvalue weighted by atomic mass is 16.4. The van der Waals surface area contributed by atoms with Gasteiger partial charge in [-0.2, -0.15) is 0 Å². The summed E-state index contributed by atoms with van der Waals surface area (Å²) in [6.45, 7) is 6.90. The molecule has 0 saturated carbocycles. The third-order valence-electron chi connectivity index (χ3n) is 21.1. The standard InChI is InChI=1S/C43H85N19O9.C41H81N19O9/c1-2-12-33(63)27(13-4-5-20-44)53-21-6-3-7-22-54-28(18-19-34(64)65)35(66)36(67)29(14-8-23-55-40(45)46)59-37(68)30(15-9-24-56-41(47)48)60-38(69)31(16-10-25-57-42(49)50)61-62-32(39(70)71)17-11-26-58-43(51)52;1-25(61)26(11-3-4-18-42)51-19-5-2-6-20-52-27(16-17-32(62)63)33(64)34(65)28(12-7-21-53-38(43)44)57-35(66)29(13-8-22-54-39(45)46)58-36(67)30(14-9-23-55-40(47)48)59-60-31(37(68)69)15-10-24-56-41(49)50/h27-32,53-54,61-62H,2-26,44H2,1H3,(H,59,68)(H,60,69)(H,64,65)(H,70,71)(H4,45,46,55)(H4,47,48,56)(H4,49,50,57)(H4,51,52,58);26-31,51-52,59-60H,2-24,42H2,1H3,(H,57,66)(H,58,67)(H,62,63)(H,68,69)(H4,43,44,53)(H4,45,46,54)(H4,47,48,55)(H4,49,50,56)/t27-,28-,29-,30?,31-,32-;26-,27-,28-,29?,30-,31-/m00/s1. The largest absolute Gasteiger partial charge is 0.481 e. The van der Waals surface area contributed by atoms with Crippen molar-refractivity contribution in [2.75, 3.05) is 91.6 Å². The monoisotopic (exact) mass is 2000 g/mol. The van der Waals surface area contributed by atoms with E-state index in [1.165, 1.54) is 6.92 Å². The van der Waals surface area contributed by atoms with E-state index in [2.05, 4.69) is 104 Å². The highest BCUT2D eigenvalue weighted by molar-refractivity contribution is 6.42. The van der Waals surface area contributed by atoms with Crippen LogP contribution in [0.1, 0.15) is 232 Å². The Bertz CT molecular complexity index is 3920. The number of carbonyl (C=O) groups excluding carboxylic acids is 10. The van der Waals surface area contributed by atoms with Crippen LogP contribution in [0.2, 0.25) is 0 Å². The Morgan fingerprint density at radius 2 is 0.464 bits per heavy atom. The van der Waals surface area contributed by atoms with Crippen molar-refractivity contribution in [3.05, 3.63) is 0 Å². The lowest BCUT2D eigenvalue weighted by molar-refractivity contribution is -0.142. The van der Waals surface area contributed by atoms with Crippen LogP contribution < -0.4 is 167 Å². The number of hydrogen-bond acceptors (Lipinski definition) is 32. The lowest BCUT2D eigenvalue weighted by Gasteiger charge is -2.26. The van der Waals surface area contributed by atoms with Gasteiger partial charge in [0.15, 0.2) is 47.7 Å². The smallest absolute Gasteiger partial charge is 0.322 e. The van der Waals surface area contributed by atoms with Gasteiger partial charge in [-0.25, -0.2) is 21.7 Å². The third kappa shape index (κ3) is 68.5. The molecule has 0 saturated heterocycles. The molecule has 0 aliphatic rings. The molecule has 0 aromatic rings. The molecule has 0 aliphatic carbocycles. The summed E-state index contributed by atoms with van der Waals surface area (Å²) in [5, 5.41) is 61.9. The van der Waals surface area contributed by atoms with Gasteiger partial charge in [-0.3, -0.25) is 107 Å². The molecule has 4 amide bonds. The highest BCUT2D eigenvalue weighted by Crippen LogP contribution is 2.16. The predicted molar refractivity (Wildman–Crippen MR) is 535 cm³/mol. The molecule has 0 heterocycles. The second-order valence-corrected chi connectivity index (χ2v) is 33.2. The summed E-state index contributed by atoms with van der Waals surface area (Å²) in [6, 6.07) is -13.4. The Labute approximate surface area is 817 Å². The first-order valence-corrected chi connectivity index (χ1v) is 47.5. The van der Waals surface area contributed by atoms with Crippen LogP contribution in [0.25, 0.3) is 0 Å². The molecule has 56 heteroatoms. The minimum absolute atomic E-state index is 0.0249. The molecule has 0 bridgehead atoms. The van der Waals surface area contributed by atoms with Crippen molar-refractivity contribution in [3.63, 3.8) is 0 Å². The molecule has 0 spiro atoms. The normalized spacial score (nSPS) is 13.5. The first kappa shape index (κ1) is 130. The van der Waals surface area contributed by atoms with Gasteiger partial charge in [0.1, 0.15) is 47.8 Å². The van der Waals surface area contributed by atoms with Gasteiger partial charge in [-0.05, 0) is 220 Å². The van der Waals surface area contributed by atoms with Crippen molar-refractivity contribution >= 4 is 130 Å². The summed E-state index contributed by atoms with van der Waals surface area (Å²) >= 11 is 0. The van der Waals surface area contributed by atoms with Crippen molar-refractivity contribution in [3.8, 4) is 0 Å². The average molecular weight is 2000 g/mol. The number of hydrazine groups is 2. The van der Waals surface area contributed by atoms with Crippen LogP contribution in [0, 0.1) is 0 Å². The second kappa shape index (κ2) is 80.4. The number of carbonyl (C=O) groups is 14. The average Bonchev–Trinajstić information content (AvgIpc) is 0.846. The Morgan fingerprint density at radius 3 is 0.721 bits per heavy atom. The van der Waals surface area contributed by atoms with Gasteiger partial charge in [0.05, 0.1) is 36.3 Å². The summed E-state index contributed by atoms with van der Waals surface area (Å²) in [6.07, 6.45) is 9.80. The Kier molecular flexibility index (Phi) is 74.4. The summed E-state index contributed by atoms with van der Waals surface area (Å²) < 4.78 is 0. The van der Waals surface area contributed by atoms with Crippen LogP contribution in [-0.4, -0.2) is 314 Å². The first-order valence-electron chi connectivity index (χ1n) is 47.5. The fourth-order valence-electron chi connectivity index (χ4n) is 13.7. The van der Waals surface area contributed by atoms with Crippen LogP contribution in [0.5, 0.6) is 0 Å². The maximum atomic E-state index is 14.2. The van der Waals surface area contributed by atoms with E-state index in [9.17, 15) is 87.5 Å². The number of ketones is 6. The van der Waals surface area contributed by atoms with E-state index in [1.807, 2.05) is 6.92 Å². The maximum Gasteiger partial charge on any atom is 0.322 e. The van der Waals surface area contributed by atoms with Crippen molar-refractivity contribution in [1.29, 1.82) is 0 Å². The summed E-state index contributed by atoms with van der Waals surface area (Å²) in [4.78, 5) is 216.